The van der Waals surface area contributed by atoms with Crippen molar-refractivity contribution in [3.63, 3.8) is 0 Å². The molecule has 1 heterocycles. The average molecular weight is 277 g/mol. The van der Waals surface area contributed by atoms with E-state index in [1.807, 2.05) is 0 Å². The van der Waals surface area contributed by atoms with Crippen LogP contribution in [-0.2, 0) is 11.3 Å². The fourth-order valence-electron chi connectivity index (χ4n) is 2.49. The zero-order chi connectivity index (χ0) is 14.5. The van der Waals surface area contributed by atoms with Crippen molar-refractivity contribution in [3.8, 4) is 0 Å². The summed E-state index contributed by atoms with van der Waals surface area (Å²) in [6, 6.07) is 6.42. The number of carbonyl (C=O) groups is 1. The molecule has 6 heteroatoms. The lowest BCUT2D eigenvalue weighted by molar-refractivity contribution is -0.384. The van der Waals surface area contributed by atoms with Crippen LogP contribution in [0.4, 0.5) is 5.69 Å². The van der Waals surface area contributed by atoms with E-state index in [1.54, 1.807) is 24.1 Å². The van der Waals surface area contributed by atoms with Crippen LogP contribution in [-0.4, -0.2) is 35.9 Å². The highest BCUT2D eigenvalue weighted by Gasteiger charge is 2.24. The molecule has 2 rings (SSSR count). The molecule has 1 aromatic carbocycles. The van der Waals surface area contributed by atoms with Crippen LogP contribution in [0.3, 0.4) is 0 Å². The van der Waals surface area contributed by atoms with Crippen LogP contribution >= 0.6 is 0 Å². The maximum Gasteiger partial charge on any atom is 0.269 e. The van der Waals surface area contributed by atoms with Gasteiger partial charge >= 0.3 is 0 Å². The van der Waals surface area contributed by atoms with Crippen molar-refractivity contribution in [1.29, 1.82) is 0 Å². The summed E-state index contributed by atoms with van der Waals surface area (Å²) in [4.78, 5) is 24.2. The molecule has 108 valence electrons. The molecular formula is C14H19N3O3. The highest BCUT2D eigenvalue weighted by atomic mass is 16.6. The SMILES string of the molecule is CN(Cc1cccc([N+](=O)[O-])c1)C(=O)[C@H]1CCCNC1. The van der Waals surface area contributed by atoms with Crippen LogP contribution in [0.1, 0.15) is 18.4 Å². The normalized spacial score (nSPS) is 18.6. The molecule has 0 aliphatic carbocycles. The topological polar surface area (TPSA) is 75.5 Å². The lowest BCUT2D eigenvalue weighted by Crippen LogP contribution is -2.41. The molecule has 1 aliphatic rings. The molecule has 1 fully saturated rings. The minimum atomic E-state index is -0.420. The largest absolute Gasteiger partial charge is 0.341 e. The van der Waals surface area contributed by atoms with Crippen molar-refractivity contribution in [3.05, 3.63) is 39.9 Å². The van der Waals surface area contributed by atoms with Crippen molar-refractivity contribution in [1.82, 2.24) is 10.2 Å². The Morgan fingerprint density at radius 2 is 2.35 bits per heavy atom. The quantitative estimate of drug-likeness (QED) is 0.669. The number of amides is 1. The number of nitro benzene ring substituents is 1. The molecule has 1 atom stereocenters. The number of hydrogen-bond acceptors (Lipinski definition) is 4. The first kappa shape index (κ1) is 14.5. The molecule has 0 unspecified atom stereocenters. The van der Waals surface area contributed by atoms with Crippen LogP contribution in [0.25, 0.3) is 0 Å². The second-order valence-corrected chi connectivity index (χ2v) is 5.16. The van der Waals surface area contributed by atoms with Gasteiger partial charge in [0, 0.05) is 32.3 Å². The van der Waals surface area contributed by atoms with E-state index in [0.29, 0.717) is 6.54 Å². The Balaban J connectivity index is 1.99. The number of nitrogens with zero attached hydrogens (tertiary/aromatic N) is 2. The van der Waals surface area contributed by atoms with Gasteiger partial charge in [-0.1, -0.05) is 12.1 Å². The van der Waals surface area contributed by atoms with E-state index in [0.717, 1.165) is 31.5 Å². The predicted octanol–water partition coefficient (Wildman–Crippen LogP) is 1.55. The highest BCUT2D eigenvalue weighted by Crippen LogP contribution is 2.17. The number of rotatable bonds is 4. The summed E-state index contributed by atoms with van der Waals surface area (Å²) < 4.78 is 0. The predicted molar refractivity (Wildman–Crippen MR) is 75.2 cm³/mol. The van der Waals surface area contributed by atoms with E-state index in [1.165, 1.54) is 12.1 Å². The molecule has 0 bridgehead atoms. The second kappa shape index (κ2) is 6.47. The van der Waals surface area contributed by atoms with Gasteiger partial charge in [0.1, 0.15) is 0 Å². The van der Waals surface area contributed by atoms with Crippen LogP contribution in [0, 0.1) is 16.0 Å². The number of carbonyl (C=O) groups excluding carboxylic acids is 1. The summed E-state index contributed by atoms with van der Waals surface area (Å²) in [5.41, 5.74) is 0.835. The van der Waals surface area contributed by atoms with Gasteiger partial charge in [0.15, 0.2) is 0 Å². The summed E-state index contributed by atoms with van der Waals surface area (Å²) >= 11 is 0. The molecule has 20 heavy (non-hydrogen) atoms. The number of benzene rings is 1. The van der Waals surface area contributed by atoms with Crippen LogP contribution in [0.2, 0.25) is 0 Å². The third-order valence-electron chi connectivity index (χ3n) is 3.56. The van der Waals surface area contributed by atoms with Gasteiger partial charge < -0.3 is 10.2 Å². The maximum atomic E-state index is 12.3. The number of nitrogens with one attached hydrogen (secondary N) is 1. The van der Waals surface area contributed by atoms with Crippen LogP contribution in [0.15, 0.2) is 24.3 Å². The highest BCUT2D eigenvalue weighted by molar-refractivity contribution is 5.79. The van der Waals surface area contributed by atoms with Crippen molar-refractivity contribution < 1.29 is 9.72 Å². The molecule has 1 aliphatic heterocycles. The van der Waals surface area contributed by atoms with Crippen LogP contribution < -0.4 is 5.32 Å². The first-order chi connectivity index (χ1) is 9.58. The van der Waals surface area contributed by atoms with Crippen LogP contribution in [0.5, 0.6) is 0 Å². The second-order valence-electron chi connectivity index (χ2n) is 5.16. The summed E-state index contributed by atoms with van der Waals surface area (Å²) in [6.07, 6.45) is 1.92. The number of piperidine rings is 1. The van der Waals surface area contributed by atoms with Crippen molar-refractivity contribution in [2.75, 3.05) is 20.1 Å². The minimum absolute atomic E-state index is 0.0208. The minimum Gasteiger partial charge on any atom is -0.341 e. The van der Waals surface area contributed by atoms with Crippen molar-refractivity contribution in [2.45, 2.75) is 19.4 Å². The Kier molecular flexibility index (Phi) is 4.68. The van der Waals surface area contributed by atoms with E-state index in [9.17, 15) is 14.9 Å². The fraction of sp³-hybridized carbons (Fsp3) is 0.500. The maximum absolute atomic E-state index is 12.3. The monoisotopic (exact) mass is 277 g/mol. The molecular weight excluding hydrogens is 258 g/mol. The Morgan fingerprint density at radius 1 is 1.55 bits per heavy atom. The van der Waals surface area contributed by atoms with Crippen molar-refractivity contribution in [2.24, 2.45) is 5.92 Å². The first-order valence-corrected chi connectivity index (χ1v) is 6.77. The summed E-state index contributed by atoms with van der Waals surface area (Å²) in [7, 11) is 1.75. The number of nitro groups is 1. The third kappa shape index (κ3) is 3.54. The summed E-state index contributed by atoms with van der Waals surface area (Å²) in [6.45, 7) is 2.09. The van der Waals surface area contributed by atoms with Gasteiger partial charge in [0.05, 0.1) is 10.8 Å². The van der Waals surface area contributed by atoms with Crippen molar-refractivity contribution >= 4 is 11.6 Å². The zero-order valence-corrected chi connectivity index (χ0v) is 11.5. The molecule has 1 saturated heterocycles. The number of non-ortho nitro benzene ring substituents is 1. The van der Waals surface area contributed by atoms with E-state index in [2.05, 4.69) is 5.32 Å². The van der Waals surface area contributed by atoms with Gasteiger partial charge in [-0.2, -0.15) is 0 Å². The van der Waals surface area contributed by atoms with Gasteiger partial charge in [0.25, 0.3) is 5.69 Å². The number of hydrogen-bond donors (Lipinski definition) is 1. The Labute approximate surface area is 117 Å². The summed E-state index contributed by atoms with van der Waals surface area (Å²) in [5, 5.41) is 14.0. The van der Waals surface area contributed by atoms with Gasteiger partial charge in [-0.05, 0) is 24.9 Å². The smallest absolute Gasteiger partial charge is 0.269 e. The standard InChI is InChI=1S/C14H19N3O3/c1-16(14(18)12-5-3-7-15-9-12)10-11-4-2-6-13(8-11)17(19)20/h2,4,6,8,12,15H,3,5,7,9-10H2,1H3/t12-/m0/s1. The molecule has 1 N–H and O–H groups in total. The Bertz CT molecular complexity index is 498. The van der Waals surface area contributed by atoms with E-state index in [4.69, 9.17) is 0 Å². The first-order valence-electron chi connectivity index (χ1n) is 6.77. The van der Waals surface area contributed by atoms with E-state index >= 15 is 0 Å². The van der Waals surface area contributed by atoms with Gasteiger partial charge in [-0.25, -0.2) is 0 Å². The fourth-order valence-corrected chi connectivity index (χ4v) is 2.49. The van der Waals surface area contributed by atoms with Gasteiger partial charge in [0.2, 0.25) is 5.91 Å². The molecule has 0 spiro atoms. The molecule has 1 amide bonds. The Morgan fingerprint density at radius 3 is 3.00 bits per heavy atom. The third-order valence-corrected chi connectivity index (χ3v) is 3.56. The molecule has 0 saturated carbocycles. The average Bonchev–Trinajstić information content (AvgIpc) is 2.47. The molecule has 6 nitrogen and oxygen atoms in total. The van der Waals surface area contributed by atoms with Gasteiger partial charge in [-0.15, -0.1) is 0 Å². The molecule has 0 radical (unpaired) electrons. The molecule has 1 aromatic rings. The van der Waals surface area contributed by atoms with E-state index in [-0.39, 0.29) is 17.5 Å². The molecule has 0 aromatic heterocycles. The van der Waals surface area contributed by atoms with E-state index < -0.39 is 4.92 Å². The summed E-state index contributed by atoms with van der Waals surface area (Å²) in [5.74, 6) is 0.121. The zero-order valence-electron chi connectivity index (χ0n) is 11.5. The van der Waals surface area contributed by atoms with Gasteiger partial charge in [-0.3, -0.25) is 14.9 Å². The lowest BCUT2D eigenvalue weighted by Gasteiger charge is -2.27. The Hall–Kier alpha value is -1.95. The lowest BCUT2D eigenvalue weighted by atomic mass is 9.98.